The second-order valence-electron chi connectivity index (χ2n) is 4.70. The zero-order chi connectivity index (χ0) is 15.9. The molecule has 0 saturated carbocycles. The zero-order valence-electron chi connectivity index (χ0n) is 12.1. The maximum absolute atomic E-state index is 12.3. The SMILES string of the molecule is COCCNCc1cccc(Cl)c1N(C)CCC(F)(F)F. The third kappa shape index (κ3) is 6.54. The van der Waals surface area contributed by atoms with Gasteiger partial charge in [0.25, 0.3) is 0 Å². The monoisotopic (exact) mass is 324 g/mol. The average molecular weight is 325 g/mol. The van der Waals surface area contributed by atoms with Crippen molar-refractivity contribution in [3.05, 3.63) is 28.8 Å². The first-order valence-corrected chi connectivity index (χ1v) is 6.98. The number of hydrogen-bond donors (Lipinski definition) is 1. The molecule has 21 heavy (non-hydrogen) atoms. The molecule has 0 fully saturated rings. The van der Waals surface area contributed by atoms with Gasteiger partial charge in [0, 0.05) is 33.8 Å². The largest absolute Gasteiger partial charge is 0.390 e. The molecule has 0 bridgehead atoms. The highest BCUT2D eigenvalue weighted by Gasteiger charge is 2.27. The Kier molecular flexibility index (Phi) is 7.28. The van der Waals surface area contributed by atoms with Gasteiger partial charge >= 0.3 is 6.18 Å². The Labute approximate surface area is 128 Å². The Morgan fingerprint density at radius 3 is 2.67 bits per heavy atom. The number of benzene rings is 1. The molecular formula is C14H20ClF3N2O. The summed E-state index contributed by atoms with van der Waals surface area (Å²) in [5.74, 6) is 0. The van der Waals surface area contributed by atoms with Gasteiger partial charge in [-0.2, -0.15) is 13.2 Å². The number of nitrogens with zero attached hydrogens (tertiary/aromatic N) is 1. The minimum Gasteiger partial charge on any atom is -0.383 e. The van der Waals surface area contributed by atoms with Gasteiger partial charge in [-0.1, -0.05) is 23.7 Å². The molecule has 0 radical (unpaired) electrons. The Balaban J connectivity index is 2.74. The summed E-state index contributed by atoms with van der Waals surface area (Å²) in [6, 6.07) is 5.32. The van der Waals surface area contributed by atoms with Gasteiger partial charge in [0.15, 0.2) is 0 Å². The zero-order valence-corrected chi connectivity index (χ0v) is 12.9. The van der Waals surface area contributed by atoms with E-state index in [2.05, 4.69) is 5.32 Å². The van der Waals surface area contributed by atoms with Crippen molar-refractivity contribution in [1.29, 1.82) is 0 Å². The van der Waals surface area contributed by atoms with Crippen LogP contribution in [-0.4, -0.2) is 40.0 Å². The molecule has 120 valence electrons. The lowest BCUT2D eigenvalue weighted by molar-refractivity contribution is -0.132. The van der Waals surface area contributed by atoms with Crippen LogP contribution >= 0.6 is 11.6 Å². The molecular weight excluding hydrogens is 305 g/mol. The summed E-state index contributed by atoms with van der Waals surface area (Å²) < 4.78 is 41.9. The first kappa shape index (κ1) is 18.1. The smallest absolute Gasteiger partial charge is 0.383 e. The summed E-state index contributed by atoms with van der Waals surface area (Å²) in [7, 11) is 3.23. The van der Waals surface area contributed by atoms with Crippen LogP contribution in [0.4, 0.5) is 18.9 Å². The number of para-hydroxylation sites is 1. The summed E-state index contributed by atoms with van der Waals surface area (Å²) in [4.78, 5) is 1.54. The van der Waals surface area contributed by atoms with Crippen LogP contribution in [0.3, 0.4) is 0 Å². The quantitative estimate of drug-likeness (QED) is 0.741. The first-order chi connectivity index (χ1) is 9.85. The van der Waals surface area contributed by atoms with E-state index in [1.54, 1.807) is 31.2 Å². The number of nitrogens with one attached hydrogen (secondary N) is 1. The van der Waals surface area contributed by atoms with Gasteiger partial charge in [0.1, 0.15) is 0 Å². The Hall–Kier alpha value is -0.980. The van der Waals surface area contributed by atoms with Gasteiger partial charge in [-0.25, -0.2) is 0 Å². The second kappa shape index (κ2) is 8.46. The van der Waals surface area contributed by atoms with E-state index >= 15 is 0 Å². The summed E-state index contributed by atoms with van der Waals surface area (Å²) in [5, 5.41) is 3.61. The lowest BCUT2D eigenvalue weighted by Gasteiger charge is -2.24. The van der Waals surface area contributed by atoms with Gasteiger partial charge < -0.3 is 15.0 Å². The number of alkyl halides is 3. The normalized spacial score (nSPS) is 11.7. The molecule has 0 aliphatic carbocycles. The van der Waals surface area contributed by atoms with Gasteiger partial charge in [-0.3, -0.25) is 0 Å². The van der Waals surface area contributed by atoms with E-state index in [4.69, 9.17) is 16.3 Å². The molecule has 1 aromatic carbocycles. The topological polar surface area (TPSA) is 24.5 Å². The number of halogens is 4. The molecule has 0 saturated heterocycles. The predicted octanol–water partition coefficient (Wildman–Crippen LogP) is 3.46. The molecule has 0 amide bonds. The molecule has 0 spiro atoms. The van der Waals surface area contributed by atoms with Crippen LogP contribution in [0.25, 0.3) is 0 Å². The van der Waals surface area contributed by atoms with E-state index in [-0.39, 0.29) is 6.54 Å². The average Bonchev–Trinajstić information content (AvgIpc) is 2.40. The van der Waals surface area contributed by atoms with Crippen LogP contribution in [-0.2, 0) is 11.3 Å². The van der Waals surface area contributed by atoms with E-state index < -0.39 is 12.6 Å². The van der Waals surface area contributed by atoms with Gasteiger partial charge in [0.05, 0.1) is 23.7 Å². The fourth-order valence-corrected chi connectivity index (χ4v) is 2.27. The van der Waals surface area contributed by atoms with E-state index in [0.29, 0.717) is 30.4 Å². The Bertz CT molecular complexity index is 441. The lowest BCUT2D eigenvalue weighted by atomic mass is 10.1. The first-order valence-electron chi connectivity index (χ1n) is 6.60. The van der Waals surface area contributed by atoms with Gasteiger partial charge in [-0.05, 0) is 11.6 Å². The van der Waals surface area contributed by atoms with E-state index in [1.807, 2.05) is 6.07 Å². The third-order valence-electron chi connectivity index (χ3n) is 2.98. The number of methoxy groups -OCH3 is 1. The van der Waals surface area contributed by atoms with Crippen molar-refractivity contribution < 1.29 is 17.9 Å². The second-order valence-corrected chi connectivity index (χ2v) is 5.11. The number of rotatable bonds is 8. The van der Waals surface area contributed by atoms with E-state index in [0.717, 1.165) is 5.56 Å². The fourth-order valence-electron chi connectivity index (χ4n) is 1.93. The summed E-state index contributed by atoms with van der Waals surface area (Å²) in [6.45, 7) is 1.63. The minimum absolute atomic E-state index is 0.127. The maximum atomic E-state index is 12.3. The van der Waals surface area contributed by atoms with Crippen LogP contribution in [0.2, 0.25) is 5.02 Å². The molecule has 1 rings (SSSR count). The molecule has 0 aliphatic rings. The number of ether oxygens (including phenoxy) is 1. The number of anilines is 1. The van der Waals surface area contributed by atoms with Crippen molar-refractivity contribution in [2.45, 2.75) is 19.1 Å². The van der Waals surface area contributed by atoms with Gasteiger partial charge in [-0.15, -0.1) is 0 Å². The van der Waals surface area contributed by atoms with Crippen molar-refractivity contribution in [2.24, 2.45) is 0 Å². The molecule has 0 unspecified atom stereocenters. The summed E-state index contributed by atoms with van der Waals surface area (Å²) in [5.41, 5.74) is 1.50. The van der Waals surface area contributed by atoms with Gasteiger partial charge in [0.2, 0.25) is 0 Å². The van der Waals surface area contributed by atoms with Crippen molar-refractivity contribution in [3.8, 4) is 0 Å². The summed E-state index contributed by atoms with van der Waals surface area (Å²) >= 11 is 6.14. The summed E-state index contributed by atoms with van der Waals surface area (Å²) in [6.07, 6.45) is -5.04. The van der Waals surface area contributed by atoms with E-state index in [9.17, 15) is 13.2 Å². The van der Waals surface area contributed by atoms with Crippen LogP contribution in [0, 0.1) is 0 Å². The lowest BCUT2D eigenvalue weighted by Crippen LogP contribution is -2.26. The molecule has 7 heteroatoms. The molecule has 0 atom stereocenters. The van der Waals surface area contributed by atoms with Crippen LogP contribution in [0.1, 0.15) is 12.0 Å². The van der Waals surface area contributed by atoms with Crippen LogP contribution < -0.4 is 10.2 Å². The number of hydrogen-bond acceptors (Lipinski definition) is 3. The van der Waals surface area contributed by atoms with E-state index in [1.165, 1.54) is 0 Å². The standard InChI is InChI=1S/C14H20ClF3N2O/c1-20(8-6-14(16,17)18)13-11(4-3-5-12(13)15)10-19-7-9-21-2/h3-5,19H,6-10H2,1-2H3. The molecule has 3 nitrogen and oxygen atoms in total. The molecule has 0 heterocycles. The molecule has 0 aliphatic heterocycles. The third-order valence-corrected chi connectivity index (χ3v) is 3.29. The highest BCUT2D eigenvalue weighted by molar-refractivity contribution is 6.33. The molecule has 1 N–H and O–H groups in total. The van der Waals surface area contributed by atoms with Crippen molar-refractivity contribution in [3.63, 3.8) is 0 Å². The predicted molar refractivity (Wildman–Crippen MR) is 79.0 cm³/mol. The van der Waals surface area contributed by atoms with Crippen molar-refractivity contribution in [1.82, 2.24) is 5.32 Å². The van der Waals surface area contributed by atoms with Crippen LogP contribution in [0.5, 0.6) is 0 Å². The minimum atomic E-state index is -4.17. The Morgan fingerprint density at radius 2 is 2.05 bits per heavy atom. The highest BCUT2D eigenvalue weighted by Crippen LogP contribution is 2.30. The fraction of sp³-hybridized carbons (Fsp3) is 0.571. The highest BCUT2D eigenvalue weighted by atomic mass is 35.5. The molecule has 1 aromatic rings. The van der Waals surface area contributed by atoms with Crippen LogP contribution in [0.15, 0.2) is 18.2 Å². The van der Waals surface area contributed by atoms with Crippen molar-refractivity contribution >= 4 is 17.3 Å². The Morgan fingerprint density at radius 1 is 1.33 bits per heavy atom. The molecule has 0 aromatic heterocycles. The van der Waals surface area contributed by atoms with Crippen molar-refractivity contribution in [2.75, 3.05) is 38.8 Å². The maximum Gasteiger partial charge on any atom is 0.390 e.